The van der Waals surface area contributed by atoms with Crippen molar-refractivity contribution in [3.05, 3.63) is 23.9 Å². The molecular formula is C14H22N2O. The minimum atomic E-state index is 0.328. The maximum Gasteiger partial charge on any atom is 0.218 e. The van der Waals surface area contributed by atoms with Crippen molar-refractivity contribution in [3.63, 3.8) is 0 Å². The van der Waals surface area contributed by atoms with Gasteiger partial charge in [0.1, 0.15) is 6.10 Å². The van der Waals surface area contributed by atoms with Gasteiger partial charge in [0, 0.05) is 18.3 Å². The van der Waals surface area contributed by atoms with Gasteiger partial charge in [-0.15, -0.1) is 0 Å². The monoisotopic (exact) mass is 234 g/mol. The van der Waals surface area contributed by atoms with Crippen LogP contribution in [0.4, 0.5) is 0 Å². The minimum Gasteiger partial charge on any atom is -0.474 e. The van der Waals surface area contributed by atoms with Gasteiger partial charge in [0.05, 0.1) is 0 Å². The molecule has 3 nitrogen and oxygen atoms in total. The minimum absolute atomic E-state index is 0.328. The summed E-state index contributed by atoms with van der Waals surface area (Å²) >= 11 is 0. The molecule has 1 fully saturated rings. The van der Waals surface area contributed by atoms with E-state index >= 15 is 0 Å². The average Bonchev–Trinajstić information content (AvgIpc) is 2.39. The van der Waals surface area contributed by atoms with E-state index in [4.69, 9.17) is 10.5 Å². The first kappa shape index (κ1) is 12.4. The number of nitrogens with zero attached hydrogens (tertiary/aromatic N) is 1. The molecule has 0 radical (unpaired) electrons. The second-order valence-corrected chi connectivity index (χ2v) is 4.85. The zero-order valence-electron chi connectivity index (χ0n) is 10.6. The Morgan fingerprint density at radius 3 is 3.12 bits per heavy atom. The molecule has 2 N–H and O–H groups in total. The van der Waals surface area contributed by atoms with Gasteiger partial charge in [-0.1, -0.05) is 25.8 Å². The van der Waals surface area contributed by atoms with Crippen molar-refractivity contribution < 1.29 is 4.74 Å². The van der Waals surface area contributed by atoms with Crippen LogP contribution in [0.5, 0.6) is 5.88 Å². The molecular weight excluding hydrogens is 212 g/mol. The summed E-state index contributed by atoms with van der Waals surface area (Å²) in [6, 6.07) is 3.90. The van der Waals surface area contributed by atoms with Gasteiger partial charge in [-0.3, -0.25) is 0 Å². The van der Waals surface area contributed by atoms with Crippen LogP contribution in [0.2, 0.25) is 0 Å². The zero-order valence-corrected chi connectivity index (χ0v) is 10.6. The number of ether oxygens (including phenoxy) is 1. The zero-order chi connectivity index (χ0) is 12.1. The highest BCUT2D eigenvalue weighted by molar-refractivity contribution is 5.25. The van der Waals surface area contributed by atoms with Crippen molar-refractivity contribution in [2.24, 2.45) is 11.7 Å². The van der Waals surface area contributed by atoms with Crippen LogP contribution in [0.15, 0.2) is 18.3 Å². The molecule has 0 bridgehead atoms. The molecule has 94 valence electrons. The molecule has 0 saturated heterocycles. The highest BCUT2D eigenvalue weighted by Crippen LogP contribution is 2.29. The molecule has 17 heavy (non-hydrogen) atoms. The fraction of sp³-hybridized carbons (Fsp3) is 0.643. The van der Waals surface area contributed by atoms with E-state index in [-0.39, 0.29) is 0 Å². The van der Waals surface area contributed by atoms with E-state index < -0.39 is 0 Å². The number of rotatable bonds is 4. The van der Waals surface area contributed by atoms with E-state index in [9.17, 15) is 0 Å². The van der Waals surface area contributed by atoms with Gasteiger partial charge in [0.25, 0.3) is 0 Å². The molecule has 1 aliphatic carbocycles. The first-order valence-corrected chi connectivity index (χ1v) is 6.64. The quantitative estimate of drug-likeness (QED) is 0.871. The Bertz CT molecular complexity index is 354. The standard InChI is InChI=1S/C14H22N2O/c1-2-11-5-3-7-13(9-11)17-14-12(10-15)6-4-8-16-14/h4,6,8,11,13H,2-3,5,7,9-10,15H2,1H3. The summed E-state index contributed by atoms with van der Waals surface area (Å²) in [7, 11) is 0. The van der Waals surface area contributed by atoms with Crippen molar-refractivity contribution in [1.29, 1.82) is 0 Å². The van der Waals surface area contributed by atoms with Gasteiger partial charge in [-0.2, -0.15) is 0 Å². The summed E-state index contributed by atoms with van der Waals surface area (Å²) < 4.78 is 6.02. The fourth-order valence-corrected chi connectivity index (χ4v) is 2.56. The van der Waals surface area contributed by atoms with Crippen molar-refractivity contribution in [1.82, 2.24) is 4.98 Å². The topological polar surface area (TPSA) is 48.1 Å². The molecule has 1 saturated carbocycles. The Kier molecular flexibility index (Phi) is 4.37. The average molecular weight is 234 g/mol. The number of hydrogen-bond donors (Lipinski definition) is 1. The lowest BCUT2D eigenvalue weighted by Crippen LogP contribution is -2.26. The molecule has 1 heterocycles. The lowest BCUT2D eigenvalue weighted by molar-refractivity contribution is 0.116. The van der Waals surface area contributed by atoms with Crippen molar-refractivity contribution in [2.75, 3.05) is 0 Å². The maximum atomic E-state index is 6.02. The SMILES string of the molecule is CCC1CCCC(Oc2ncccc2CN)C1. The highest BCUT2D eigenvalue weighted by atomic mass is 16.5. The van der Waals surface area contributed by atoms with Gasteiger partial charge in [-0.25, -0.2) is 4.98 Å². The first-order valence-electron chi connectivity index (χ1n) is 6.64. The van der Waals surface area contributed by atoms with Crippen LogP contribution in [0.25, 0.3) is 0 Å². The summed E-state index contributed by atoms with van der Waals surface area (Å²) in [6.45, 7) is 2.76. The largest absolute Gasteiger partial charge is 0.474 e. The molecule has 2 atom stereocenters. The Morgan fingerprint density at radius 1 is 1.47 bits per heavy atom. The molecule has 1 aromatic rings. The van der Waals surface area contributed by atoms with Gasteiger partial charge in [-0.05, 0) is 31.2 Å². The number of hydrogen-bond acceptors (Lipinski definition) is 3. The third kappa shape index (κ3) is 3.19. The summed E-state index contributed by atoms with van der Waals surface area (Å²) in [6.07, 6.45) is 8.29. The number of pyridine rings is 1. The maximum absolute atomic E-state index is 6.02. The van der Waals surface area contributed by atoms with E-state index in [1.165, 1.54) is 19.3 Å². The molecule has 0 amide bonds. The van der Waals surface area contributed by atoms with Crippen molar-refractivity contribution >= 4 is 0 Å². The van der Waals surface area contributed by atoms with Crippen LogP contribution >= 0.6 is 0 Å². The second-order valence-electron chi connectivity index (χ2n) is 4.85. The molecule has 1 aromatic heterocycles. The summed E-state index contributed by atoms with van der Waals surface area (Å²) in [4.78, 5) is 4.29. The van der Waals surface area contributed by atoms with Gasteiger partial charge < -0.3 is 10.5 Å². The van der Waals surface area contributed by atoms with Crippen LogP contribution in [0.1, 0.15) is 44.6 Å². The predicted octanol–water partition coefficient (Wildman–Crippen LogP) is 2.89. The first-order chi connectivity index (χ1) is 8.33. The molecule has 2 rings (SSSR count). The Morgan fingerprint density at radius 2 is 2.35 bits per heavy atom. The number of nitrogens with two attached hydrogens (primary N) is 1. The third-order valence-corrected chi connectivity index (χ3v) is 3.66. The van der Waals surface area contributed by atoms with E-state index in [1.54, 1.807) is 6.20 Å². The second kappa shape index (κ2) is 6.01. The van der Waals surface area contributed by atoms with Crippen LogP contribution in [-0.4, -0.2) is 11.1 Å². The molecule has 1 aliphatic rings. The Hall–Kier alpha value is -1.09. The molecule has 2 unspecified atom stereocenters. The van der Waals surface area contributed by atoms with Crippen LogP contribution in [0.3, 0.4) is 0 Å². The Labute approximate surface area is 103 Å². The lowest BCUT2D eigenvalue weighted by atomic mass is 9.85. The number of aromatic nitrogens is 1. The summed E-state index contributed by atoms with van der Waals surface area (Å²) in [5, 5.41) is 0. The van der Waals surface area contributed by atoms with E-state index in [1.807, 2.05) is 12.1 Å². The lowest BCUT2D eigenvalue weighted by Gasteiger charge is -2.29. The normalized spacial score (nSPS) is 24.6. The summed E-state index contributed by atoms with van der Waals surface area (Å²) in [5.74, 6) is 1.55. The third-order valence-electron chi connectivity index (χ3n) is 3.66. The molecule has 3 heteroatoms. The predicted molar refractivity (Wildman–Crippen MR) is 68.8 cm³/mol. The van der Waals surface area contributed by atoms with E-state index in [2.05, 4.69) is 11.9 Å². The molecule has 0 aliphatic heterocycles. The van der Waals surface area contributed by atoms with Crippen LogP contribution in [0, 0.1) is 5.92 Å². The van der Waals surface area contributed by atoms with Crippen LogP contribution in [-0.2, 0) is 6.54 Å². The van der Waals surface area contributed by atoms with Crippen molar-refractivity contribution in [2.45, 2.75) is 51.7 Å². The van der Waals surface area contributed by atoms with Gasteiger partial charge >= 0.3 is 0 Å². The fourth-order valence-electron chi connectivity index (χ4n) is 2.56. The van der Waals surface area contributed by atoms with Crippen molar-refractivity contribution in [3.8, 4) is 5.88 Å². The molecule has 0 aromatic carbocycles. The smallest absolute Gasteiger partial charge is 0.218 e. The highest BCUT2D eigenvalue weighted by Gasteiger charge is 2.22. The Balaban J connectivity index is 2.00. The van der Waals surface area contributed by atoms with E-state index in [0.29, 0.717) is 12.6 Å². The van der Waals surface area contributed by atoms with E-state index in [0.717, 1.165) is 30.2 Å². The van der Waals surface area contributed by atoms with Crippen LogP contribution < -0.4 is 10.5 Å². The molecule has 0 spiro atoms. The van der Waals surface area contributed by atoms with Gasteiger partial charge in [0.15, 0.2) is 0 Å². The summed E-state index contributed by atoms with van der Waals surface area (Å²) in [5.41, 5.74) is 6.69. The van der Waals surface area contributed by atoms with Gasteiger partial charge in [0.2, 0.25) is 5.88 Å².